The highest BCUT2D eigenvalue weighted by atomic mass is 32.4. The van der Waals surface area contributed by atoms with E-state index in [1.165, 1.54) is 0 Å². The third kappa shape index (κ3) is 6.28. The van der Waals surface area contributed by atoms with Gasteiger partial charge >= 0.3 is 0 Å². The number of aromatic nitrogens is 3. The largest absolute Gasteiger partial charge is 0.313 e. The summed E-state index contributed by atoms with van der Waals surface area (Å²) in [4.78, 5) is 10.4. The maximum absolute atomic E-state index is 15.1. The number of pyridine rings is 2. The first-order valence-corrected chi connectivity index (χ1v) is 24.8. The van der Waals surface area contributed by atoms with Crippen molar-refractivity contribution in [1.82, 2.24) is 14.4 Å². The topological polar surface area (TPSA) is 47.3 Å². The van der Waals surface area contributed by atoms with E-state index in [-0.39, 0.29) is 5.66 Å². The van der Waals surface area contributed by atoms with Crippen molar-refractivity contribution in [3.05, 3.63) is 212 Å². The van der Waals surface area contributed by atoms with Gasteiger partial charge in [-0.15, -0.1) is 0 Å². The number of nitrogens with zero attached hydrogens (tertiary/aromatic N) is 3. The van der Waals surface area contributed by atoms with Crippen LogP contribution >= 0.6 is 13.2 Å². The number of fused-ring (bicyclic) bond motifs is 8. The first kappa shape index (κ1) is 38.0. The van der Waals surface area contributed by atoms with E-state index in [1.54, 1.807) is 0 Å². The Balaban J connectivity index is 1.07. The minimum Gasteiger partial charge on any atom is -0.313 e. The van der Waals surface area contributed by atoms with E-state index in [0.29, 0.717) is 0 Å². The fourth-order valence-corrected chi connectivity index (χ4v) is 15.1. The average molecular weight is 830 g/mol. The van der Waals surface area contributed by atoms with E-state index in [0.717, 1.165) is 87.3 Å². The van der Waals surface area contributed by atoms with E-state index in [4.69, 9.17) is 21.8 Å². The second-order valence-corrected chi connectivity index (χ2v) is 22.9. The average Bonchev–Trinajstić information content (AvgIpc) is 3.66. The molecule has 0 aliphatic carbocycles. The van der Waals surface area contributed by atoms with Crippen molar-refractivity contribution < 1.29 is 4.57 Å². The summed E-state index contributed by atoms with van der Waals surface area (Å²) in [5.41, 5.74) is 5.58. The highest BCUT2D eigenvalue weighted by Crippen LogP contribution is 2.49. The lowest BCUT2D eigenvalue weighted by Crippen LogP contribution is -2.25. The number of allylic oxidation sites excluding steroid dienone is 1. The molecule has 0 saturated heterocycles. The van der Waals surface area contributed by atoms with Gasteiger partial charge in [-0.05, 0) is 52.6 Å². The summed E-state index contributed by atoms with van der Waals surface area (Å²) in [7, 11) is -3.01. The van der Waals surface area contributed by atoms with E-state index < -0.39 is 13.2 Å². The maximum atomic E-state index is 15.1. The van der Waals surface area contributed by atoms with Gasteiger partial charge in [0.1, 0.15) is 12.8 Å². The van der Waals surface area contributed by atoms with Crippen LogP contribution < -0.4 is 26.5 Å². The van der Waals surface area contributed by atoms with Crippen LogP contribution in [0.25, 0.3) is 55.4 Å². The monoisotopic (exact) mass is 829 g/mol. The molecule has 3 aromatic heterocycles. The molecule has 60 heavy (non-hydrogen) atoms. The summed E-state index contributed by atoms with van der Waals surface area (Å²) >= 11 is 6.59. The van der Waals surface area contributed by atoms with Crippen molar-refractivity contribution in [2.24, 2.45) is 0 Å². The van der Waals surface area contributed by atoms with Gasteiger partial charge < -0.3 is 4.57 Å². The molecule has 0 aliphatic heterocycles. The second-order valence-electron chi connectivity index (χ2n) is 15.3. The lowest BCUT2D eigenvalue weighted by atomic mass is 9.98. The first-order chi connectivity index (χ1) is 29.4. The Labute approximate surface area is 355 Å². The Kier molecular flexibility index (Phi) is 9.77. The highest BCUT2D eigenvalue weighted by Gasteiger charge is 2.32. The van der Waals surface area contributed by atoms with Crippen LogP contribution in [0.4, 0.5) is 0 Å². The Bertz CT molecular complexity index is 3250. The van der Waals surface area contributed by atoms with Gasteiger partial charge in [-0.25, -0.2) is 4.98 Å². The molecule has 4 nitrogen and oxygen atoms in total. The molecule has 290 valence electrons. The molecule has 7 heteroatoms. The lowest BCUT2D eigenvalue weighted by Gasteiger charge is -2.24. The van der Waals surface area contributed by atoms with Crippen LogP contribution in [-0.4, -0.2) is 20.0 Å². The summed E-state index contributed by atoms with van der Waals surface area (Å²) in [5.74, 6) is 0. The number of hydrogen-bond donors (Lipinski definition) is 0. The van der Waals surface area contributed by atoms with Gasteiger partial charge in [-0.1, -0.05) is 195 Å². The number of hydrogen-bond acceptors (Lipinski definition) is 4. The number of benzene rings is 7. The first-order valence-electron chi connectivity index (χ1n) is 20.2. The molecular formula is C53H41N3OP2S. The molecule has 3 heterocycles. The molecular weight excluding hydrogens is 789 g/mol. The molecule has 7 aromatic carbocycles. The zero-order valence-electron chi connectivity index (χ0n) is 33.3. The predicted octanol–water partition coefficient (Wildman–Crippen LogP) is 11.3. The van der Waals surface area contributed by atoms with Crippen molar-refractivity contribution in [2.75, 3.05) is 0 Å². The summed E-state index contributed by atoms with van der Waals surface area (Å²) in [6.45, 7) is 4.19. The summed E-state index contributed by atoms with van der Waals surface area (Å²) in [6, 6.07) is 62.3. The fourth-order valence-electron chi connectivity index (χ4n) is 8.71. The molecule has 0 fully saturated rings. The van der Waals surface area contributed by atoms with Gasteiger partial charge in [0, 0.05) is 61.2 Å². The van der Waals surface area contributed by atoms with Crippen LogP contribution in [-0.2, 0) is 16.4 Å². The molecule has 0 radical (unpaired) electrons. The molecule has 10 rings (SSSR count). The molecule has 0 aliphatic rings. The van der Waals surface area contributed by atoms with Crippen LogP contribution in [0.2, 0.25) is 0 Å². The molecule has 1 atom stereocenters. The summed E-state index contributed by atoms with van der Waals surface area (Å²) in [5, 5.41) is 10.7. The van der Waals surface area contributed by atoms with Crippen molar-refractivity contribution in [3.8, 4) is 11.3 Å². The predicted molar refractivity (Wildman–Crippen MR) is 260 cm³/mol. The Morgan fingerprint density at radius 2 is 1.13 bits per heavy atom. The Hall–Kier alpha value is -6.22. The lowest BCUT2D eigenvalue weighted by molar-refractivity contribution is 0.584. The molecule has 0 bridgehead atoms. The minimum absolute atomic E-state index is 0.261. The fraction of sp³-hybridized carbons (Fsp3) is 0.0566. The highest BCUT2D eigenvalue weighted by molar-refractivity contribution is 8.25. The number of imidazole rings is 1. The SMILES string of the molecule is Cc1c(/C=C\C(C)P(=O)(c2ccccc2)c2ccccc2)nc2c3ccccc3c3ccc4cc(-c5ccc(P(=S)(c6ccccc6)c6ccccc6)cn5)ccc4c3n12. The standard InChI is InChI=1S/C53H41N3OP2S/c1-37(58(57,41-17-7-3-8-18-41)42-19-9-4-10-20-42)27-33-50-38(2)56-52-46-31-29-40(35-39(46)28-32-48(52)47-25-15-16-26-49(47)53(56)55-50)51-34-30-45(36-54-51)59(60,43-21-11-5-12-22-43)44-23-13-6-14-24-44/h3-37H,1-2H3/b33-27-. The van der Waals surface area contributed by atoms with Crippen LogP contribution in [0.3, 0.4) is 0 Å². The second kappa shape index (κ2) is 15.4. The number of rotatable bonds is 9. The van der Waals surface area contributed by atoms with Gasteiger partial charge in [0.2, 0.25) is 0 Å². The number of aryl methyl sites for hydroxylation is 1. The summed E-state index contributed by atoms with van der Waals surface area (Å²) < 4.78 is 17.4. The molecule has 0 amide bonds. The minimum atomic E-state index is -3.01. The molecule has 0 spiro atoms. The van der Waals surface area contributed by atoms with Crippen LogP contribution in [0.5, 0.6) is 0 Å². The zero-order chi connectivity index (χ0) is 40.8. The van der Waals surface area contributed by atoms with Crippen LogP contribution in [0.15, 0.2) is 200 Å². The van der Waals surface area contributed by atoms with Crippen LogP contribution in [0.1, 0.15) is 18.3 Å². The van der Waals surface area contributed by atoms with Gasteiger partial charge in [-0.3, -0.25) is 9.38 Å². The van der Waals surface area contributed by atoms with Crippen LogP contribution in [0, 0.1) is 6.92 Å². The van der Waals surface area contributed by atoms with Crippen molar-refractivity contribution in [3.63, 3.8) is 0 Å². The molecule has 10 aromatic rings. The molecule has 1 unspecified atom stereocenters. The van der Waals surface area contributed by atoms with E-state index in [9.17, 15) is 0 Å². The smallest absolute Gasteiger partial charge is 0.149 e. The van der Waals surface area contributed by atoms with Gasteiger partial charge in [0.05, 0.1) is 16.9 Å². The van der Waals surface area contributed by atoms with E-state index in [2.05, 4.69) is 146 Å². The Morgan fingerprint density at radius 1 is 0.583 bits per heavy atom. The third-order valence-corrected chi connectivity index (χ3v) is 20.2. The molecule has 0 N–H and O–H groups in total. The Morgan fingerprint density at radius 3 is 1.72 bits per heavy atom. The van der Waals surface area contributed by atoms with E-state index in [1.807, 2.05) is 79.0 Å². The summed E-state index contributed by atoms with van der Waals surface area (Å²) in [6.07, 6.45) is 6.14. The normalized spacial score (nSPS) is 12.8. The third-order valence-electron chi connectivity index (χ3n) is 11.8. The maximum Gasteiger partial charge on any atom is 0.149 e. The zero-order valence-corrected chi connectivity index (χ0v) is 35.9. The van der Waals surface area contributed by atoms with E-state index >= 15 is 4.57 Å². The molecule has 0 saturated carbocycles. The van der Waals surface area contributed by atoms with Crippen molar-refractivity contribution >= 4 is 95.7 Å². The van der Waals surface area contributed by atoms with Crippen molar-refractivity contribution in [1.29, 1.82) is 0 Å². The van der Waals surface area contributed by atoms with Gasteiger partial charge in [0.15, 0.2) is 0 Å². The van der Waals surface area contributed by atoms with Crippen molar-refractivity contribution in [2.45, 2.75) is 19.5 Å². The van der Waals surface area contributed by atoms with Gasteiger partial charge in [0.25, 0.3) is 0 Å². The van der Waals surface area contributed by atoms with Gasteiger partial charge in [-0.2, -0.15) is 0 Å². The quantitative estimate of drug-likeness (QED) is 0.107.